The number of aromatic nitrogens is 1. The van der Waals surface area contributed by atoms with E-state index >= 15 is 0 Å². The van der Waals surface area contributed by atoms with Gasteiger partial charge in [0.25, 0.3) is 0 Å². The van der Waals surface area contributed by atoms with Gasteiger partial charge in [-0.1, -0.05) is 11.6 Å². The summed E-state index contributed by atoms with van der Waals surface area (Å²) in [7, 11) is 0. The molecule has 0 N–H and O–H groups in total. The molecule has 0 unspecified atom stereocenters. The van der Waals surface area contributed by atoms with Gasteiger partial charge in [-0.25, -0.2) is 0 Å². The van der Waals surface area contributed by atoms with Crippen LogP contribution in [0.15, 0.2) is 30.5 Å². The Balaban J connectivity index is 2.64. The van der Waals surface area contributed by atoms with Crippen LogP contribution in [0.5, 0.6) is 0 Å². The Labute approximate surface area is 91.0 Å². The summed E-state index contributed by atoms with van der Waals surface area (Å²) in [5, 5.41) is 1.60. The predicted octanol–water partition coefficient (Wildman–Crippen LogP) is 3.17. The van der Waals surface area contributed by atoms with Crippen molar-refractivity contribution >= 4 is 40.0 Å². The molecule has 0 spiro atoms. The van der Waals surface area contributed by atoms with Crippen LogP contribution in [0.4, 0.5) is 0 Å². The van der Waals surface area contributed by atoms with Crippen molar-refractivity contribution in [2.45, 2.75) is 0 Å². The molecule has 0 aliphatic carbocycles. The molecule has 72 valence electrons. The van der Waals surface area contributed by atoms with Gasteiger partial charge in [0.05, 0.1) is 5.52 Å². The number of carbonyl (C=O) groups excluding carboxylic acids is 1. The molecule has 0 aliphatic heterocycles. The lowest BCUT2D eigenvalue weighted by atomic mass is 10.2. The molecule has 1 aromatic carbocycles. The quantitative estimate of drug-likeness (QED) is 0.687. The lowest BCUT2D eigenvalue weighted by molar-refractivity contribution is 0.0945. The molecular formula is C10H7Cl2NO. The molecule has 0 bridgehead atoms. The van der Waals surface area contributed by atoms with Crippen LogP contribution < -0.4 is 0 Å². The standard InChI is InChI=1S/C10H7Cl2NO/c11-6-10(14)13-4-3-7-5-8(12)1-2-9(7)13/h1-5H,6H2. The van der Waals surface area contributed by atoms with Gasteiger partial charge < -0.3 is 0 Å². The number of hydrogen-bond acceptors (Lipinski definition) is 1. The molecular weight excluding hydrogens is 221 g/mol. The molecule has 14 heavy (non-hydrogen) atoms. The second-order valence-electron chi connectivity index (χ2n) is 2.92. The van der Waals surface area contributed by atoms with Crippen LogP contribution in [0.2, 0.25) is 5.02 Å². The molecule has 4 heteroatoms. The number of fused-ring (bicyclic) bond motifs is 1. The third-order valence-corrected chi connectivity index (χ3v) is 2.50. The first kappa shape index (κ1) is 9.56. The first-order valence-electron chi connectivity index (χ1n) is 4.08. The van der Waals surface area contributed by atoms with E-state index in [0.29, 0.717) is 5.02 Å². The van der Waals surface area contributed by atoms with E-state index in [1.54, 1.807) is 12.3 Å². The van der Waals surface area contributed by atoms with E-state index in [4.69, 9.17) is 23.2 Å². The van der Waals surface area contributed by atoms with Gasteiger partial charge >= 0.3 is 0 Å². The van der Waals surface area contributed by atoms with Crippen LogP contribution in [-0.4, -0.2) is 16.4 Å². The maximum absolute atomic E-state index is 11.4. The van der Waals surface area contributed by atoms with E-state index in [-0.39, 0.29) is 11.8 Å². The molecule has 0 amide bonds. The fraction of sp³-hybridized carbons (Fsp3) is 0.100. The predicted molar refractivity (Wildman–Crippen MR) is 58.3 cm³/mol. The number of alkyl halides is 1. The van der Waals surface area contributed by atoms with Crippen molar-refractivity contribution in [3.05, 3.63) is 35.5 Å². The summed E-state index contributed by atoms with van der Waals surface area (Å²) < 4.78 is 1.53. The molecule has 1 aromatic heterocycles. The highest BCUT2D eigenvalue weighted by Crippen LogP contribution is 2.20. The first-order valence-corrected chi connectivity index (χ1v) is 4.99. The molecule has 2 nitrogen and oxygen atoms in total. The SMILES string of the molecule is O=C(CCl)n1ccc2cc(Cl)ccc21. The minimum absolute atomic E-state index is 0.0214. The largest absolute Gasteiger partial charge is 0.286 e. The summed E-state index contributed by atoms with van der Waals surface area (Å²) in [5.41, 5.74) is 0.833. The van der Waals surface area contributed by atoms with Crippen molar-refractivity contribution in [2.24, 2.45) is 0 Å². The van der Waals surface area contributed by atoms with Crippen LogP contribution in [0.3, 0.4) is 0 Å². The highest BCUT2D eigenvalue weighted by molar-refractivity contribution is 6.31. The van der Waals surface area contributed by atoms with Crippen LogP contribution in [-0.2, 0) is 0 Å². The van der Waals surface area contributed by atoms with Gasteiger partial charge in [0.15, 0.2) is 0 Å². The summed E-state index contributed by atoms with van der Waals surface area (Å²) in [6, 6.07) is 7.21. The van der Waals surface area contributed by atoms with Gasteiger partial charge in [-0.2, -0.15) is 0 Å². The number of benzene rings is 1. The van der Waals surface area contributed by atoms with E-state index in [0.717, 1.165) is 10.9 Å². The maximum Gasteiger partial charge on any atom is 0.245 e. The number of rotatable bonds is 1. The Morgan fingerprint density at radius 2 is 2.14 bits per heavy atom. The summed E-state index contributed by atoms with van der Waals surface area (Å²) in [5.74, 6) is -0.157. The second-order valence-corrected chi connectivity index (χ2v) is 3.62. The van der Waals surface area contributed by atoms with Gasteiger partial charge in [-0.05, 0) is 24.3 Å². The van der Waals surface area contributed by atoms with E-state index in [9.17, 15) is 4.79 Å². The van der Waals surface area contributed by atoms with Crippen molar-refractivity contribution in [2.75, 3.05) is 5.88 Å². The normalized spacial score (nSPS) is 10.7. The summed E-state index contributed by atoms with van der Waals surface area (Å²) in [4.78, 5) is 11.4. The zero-order valence-corrected chi connectivity index (χ0v) is 8.72. The highest BCUT2D eigenvalue weighted by atomic mass is 35.5. The monoisotopic (exact) mass is 227 g/mol. The topological polar surface area (TPSA) is 22.0 Å². The second kappa shape index (κ2) is 3.64. The fourth-order valence-electron chi connectivity index (χ4n) is 1.40. The Morgan fingerprint density at radius 3 is 2.86 bits per heavy atom. The minimum atomic E-state index is -0.135. The van der Waals surface area contributed by atoms with Crippen LogP contribution in [0, 0.1) is 0 Å². The number of nitrogens with zero attached hydrogens (tertiary/aromatic N) is 1. The Kier molecular flexibility index (Phi) is 2.48. The van der Waals surface area contributed by atoms with Crippen molar-refractivity contribution in [3.63, 3.8) is 0 Å². The van der Waals surface area contributed by atoms with Crippen molar-refractivity contribution < 1.29 is 4.79 Å². The van der Waals surface area contributed by atoms with Crippen LogP contribution in [0.1, 0.15) is 4.79 Å². The van der Waals surface area contributed by atoms with Crippen LogP contribution >= 0.6 is 23.2 Å². The zero-order valence-electron chi connectivity index (χ0n) is 7.21. The van der Waals surface area contributed by atoms with E-state index in [1.165, 1.54) is 4.57 Å². The number of carbonyl (C=O) groups is 1. The van der Waals surface area contributed by atoms with E-state index in [2.05, 4.69) is 0 Å². The Hall–Kier alpha value is -0.990. The van der Waals surface area contributed by atoms with Gasteiger partial charge in [0.2, 0.25) is 5.91 Å². The van der Waals surface area contributed by atoms with Crippen molar-refractivity contribution in [3.8, 4) is 0 Å². The molecule has 0 aliphatic rings. The van der Waals surface area contributed by atoms with Gasteiger partial charge in [0, 0.05) is 16.6 Å². The molecule has 1 heterocycles. The average Bonchev–Trinajstić information content (AvgIpc) is 2.59. The lowest BCUT2D eigenvalue weighted by Gasteiger charge is -2.00. The Morgan fingerprint density at radius 1 is 1.36 bits per heavy atom. The molecule has 0 radical (unpaired) electrons. The fourth-order valence-corrected chi connectivity index (χ4v) is 1.70. The van der Waals surface area contributed by atoms with E-state index in [1.807, 2.05) is 18.2 Å². The van der Waals surface area contributed by atoms with E-state index < -0.39 is 0 Å². The van der Waals surface area contributed by atoms with Gasteiger partial charge in [-0.3, -0.25) is 9.36 Å². The smallest absolute Gasteiger partial charge is 0.245 e. The maximum atomic E-state index is 11.4. The lowest BCUT2D eigenvalue weighted by Crippen LogP contribution is -2.09. The molecule has 0 saturated heterocycles. The van der Waals surface area contributed by atoms with Crippen LogP contribution in [0.25, 0.3) is 10.9 Å². The summed E-state index contributed by atoms with van der Waals surface area (Å²) >= 11 is 11.3. The van der Waals surface area contributed by atoms with Gasteiger partial charge in [0.1, 0.15) is 5.88 Å². The van der Waals surface area contributed by atoms with Gasteiger partial charge in [-0.15, -0.1) is 11.6 Å². The molecule has 0 atom stereocenters. The third-order valence-electron chi connectivity index (χ3n) is 2.04. The molecule has 2 aromatic rings. The number of hydrogen-bond donors (Lipinski definition) is 0. The summed E-state index contributed by atoms with van der Waals surface area (Å²) in [6.07, 6.45) is 1.70. The average molecular weight is 228 g/mol. The zero-order chi connectivity index (χ0) is 10.1. The Bertz CT molecular complexity index is 490. The number of halogens is 2. The van der Waals surface area contributed by atoms with Crippen molar-refractivity contribution in [1.29, 1.82) is 0 Å². The third kappa shape index (κ3) is 1.51. The molecule has 2 rings (SSSR count). The summed E-state index contributed by atoms with van der Waals surface area (Å²) in [6.45, 7) is 0. The highest BCUT2D eigenvalue weighted by Gasteiger charge is 2.07. The van der Waals surface area contributed by atoms with Crippen molar-refractivity contribution in [1.82, 2.24) is 4.57 Å². The molecule has 0 fully saturated rings. The molecule has 0 saturated carbocycles. The minimum Gasteiger partial charge on any atom is -0.286 e. The first-order chi connectivity index (χ1) is 6.72.